The Bertz CT molecular complexity index is 1180. The van der Waals surface area contributed by atoms with Crippen molar-refractivity contribution in [2.75, 3.05) is 5.32 Å². The summed E-state index contributed by atoms with van der Waals surface area (Å²) in [5.74, 6) is 0.0461. The number of imidazole rings is 1. The van der Waals surface area contributed by atoms with Gasteiger partial charge in [-0.1, -0.05) is 20.8 Å². The molecule has 0 unspecified atom stereocenters. The third-order valence-electron chi connectivity index (χ3n) is 5.97. The Hall–Kier alpha value is -3.11. The zero-order valence-electron chi connectivity index (χ0n) is 19.3. The zero-order chi connectivity index (χ0) is 25.6. The molecule has 0 radical (unpaired) electrons. The molecule has 1 aromatic heterocycles. The zero-order valence-corrected chi connectivity index (χ0v) is 19.3. The molecule has 1 heterocycles. The first-order chi connectivity index (χ1) is 16.2. The number of hydrogen-bond donors (Lipinski definition) is 1. The first-order valence-corrected chi connectivity index (χ1v) is 11.1. The van der Waals surface area contributed by atoms with Crippen LogP contribution < -0.4 is 14.8 Å². The highest BCUT2D eigenvalue weighted by atomic mass is 19.4. The first-order valence-electron chi connectivity index (χ1n) is 11.1. The van der Waals surface area contributed by atoms with E-state index >= 15 is 0 Å². The fourth-order valence-electron chi connectivity index (χ4n) is 5.09. The molecule has 0 bridgehead atoms. The van der Waals surface area contributed by atoms with Crippen molar-refractivity contribution in [1.82, 2.24) is 9.55 Å². The Balaban J connectivity index is 1.72. The van der Waals surface area contributed by atoms with Crippen molar-refractivity contribution in [3.8, 4) is 11.5 Å². The Morgan fingerprint density at radius 1 is 0.914 bits per heavy atom. The van der Waals surface area contributed by atoms with Crippen molar-refractivity contribution in [2.24, 2.45) is 11.3 Å². The number of nitrogens with zero attached hydrogens (tertiary/aromatic N) is 2. The fraction of sp³-hybridized carbons (Fsp3) is 0.458. The van der Waals surface area contributed by atoms with Crippen LogP contribution in [0.25, 0.3) is 11.0 Å². The van der Waals surface area contributed by atoms with Crippen LogP contribution in [0.5, 0.6) is 11.5 Å². The van der Waals surface area contributed by atoms with Crippen LogP contribution in [0.15, 0.2) is 42.5 Å². The molecule has 3 aromatic rings. The van der Waals surface area contributed by atoms with Gasteiger partial charge in [-0.25, -0.2) is 4.98 Å². The number of ether oxygens (including phenoxy) is 2. The van der Waals surface area contributed by atoms with Crippen LogP contribution >= 0.6 is 0 Å². The summed E-state index contributed by atoms with van der Waals surface area (Å²) in [7, 11) is 0. The number of benzene rings is 2. The molecule has 1 aliphatic carbocycles. The highest BCUT2D eigenvalue weighted by Crippen LogP contribution is 2.46. The summed E-state index contributed by atoms with van der Waals surface area (Å²) >= 11 is 0. The Labute approximate surface area is 198 Å². The van der Waals surface area contributed by atoms with Crippen molar-refractivity contribution in [3.05, 3.63) is 42.5 Å². The monoisotopic (exact) mass is 501 g/mol. The minimum Gasteiger partial charge on any atom is -0.406 e. The standard InChI is InChI=1S/C24H25F6N3O2/c1-14-10-16(13-22(2,3)12-14)33-20-9-8-18(35-24(28,29)30)11-19(20)32-21(33)31-15-4-6-17(7-5-15)34-23(25,26)27/h4-9,11,14,16H,10,12-13H2,1-3H3,(H,31,32)/t14-,16+/m1/s1. The molecule has 2 aromatic carbocycles. The number of halogens is 6. The third kappa shape index (κ3) is 6.32. The van der Waals surface area contributed by atoms with E-state index in [0.717, 1.165) is 19.3 Å². The summed E-state index contributed by atoms with van der Waals surface area (Å²) in [4.78, 5) is 4.52. The van der Waals surface area contributed by atoms with Crippen LogP contribution in [0.4, 0.5) is 38.0 Å². The molecule has 11 heteroatoms. The highest BCUT2D eigenvalue weighted by molar-refractivity contribution is 5.81. The van der Waals surface area contributed by atoms with E-state index in [1.54, 1.807) is 6.07 Å². The summed E-state index contributed by atoms with van der Waals surface area (Å²) < 4.78 is 85.5. The van der Waals surface area contributed by atoms with Crippen molar-refractivity contribution in [2.45, 2.75) is 58.8 Å². The molecule has 35 heavy (non-hydrogen) atoms. The van der Waals surface area contributed by atoms with Gasteiger partial charge in [0, 0.05) is 17.8 Å². The second-order valence-corrected chi connectivity index (χ2v) is 9.77. The number of anilines is 2. The van der Waals surface area contributed by atoms with Crippen molar-refractivity contribution < 1.29 is 35.8 Å². The molecule has 1 aliphatic rings. The van der Waals surface area contributed by atoms with E-state index in [2.05, 4.69) is 40.5 Å². The number of hydrogen-bond acceptors (Lipinski definition) is 4. The van der Waals surface area contributed by atoms with E-state index in [4.69, 9.17) is 0 Å². The molecule has 190 valence electrons. The fourth-order valence-corrected chi connectivity index (χ4v) is 5.09. The molecule has 1 saturated carbocycles. The average molecular weight is 501 g/mol. The van der Waals surface area contributed by atoms with Gasteiger partial charge in [-0.3, -0.25) is 0 Å². The lowest BCUT2D eigenvalue weighted by Gasteiger charge is -2.40. The van der Waals surface area contributed by atoms with Gasteiger partial charge >= 0.3 is 12.7 Å². The van der Waals surface area contributed by atoms with Crippen molar-refractivity contribution >= 4 is 22.7 Å². The average Bonchev–Trinajstić information content (AvgIpc) is 3.02. The van der Waals surface area contributed by atoms with Crippen LogP contribution in [0, 0.1) is 11.3 Å². The molecule has 0 spiro atoms. The first kappa shape index (κ1) is 25.0. The number of fused-ring (bicyclic) bond motifs is 1. The van der Waals surface area contributed by atoms with Gasteiger partial charge < -0.3 is 19.4 Å². The molecule has 5 nitrogen and oxygen atoms in total. The molecule has 1 fully saturated rings. The molecular formula is C24H25F6N3O2. The predicted octanol–water partition coefficient (Wildman–Crippen LogP) is 7.96. The number of alkyl halides is 6. The molecule has 0 saturated heterocycles. The van der Waals surface area contributed by atoms with E-state index in [-0.39, 0.29) is 23.0 Å². The van der Waals surface area contributed by atoms with E-state index in [1.807, 2.05) is 4.57 Å². The smallest absolute Gasteiger partial charge is 0.406 e. The van der Waals surface area contributed by atoms with E-state index in [1.165, 1.54) is 36.4 Å². The van der Waals surface area contributed by atoms with Gasteiger partial charge in [0.25, 0.3) is 0 Å². The Morgan fingerprint density at radius 3 is 2.11 bits per heavy atom. The molecule has 2 atom stereocenters. The second kappa shape index (κ2) is 8.83. The van der Waals surface area contributed by atoms with Crippen molar-refractivity contribution in [3.63, 3.8) is 0 Å². The van der Waals surface area contributed by atoms with Gasteiger partial charge in [0.05, 0.1) is 11.0 Å². The lowest BCUT2D eigenvalue weighted by molar-refractivity contribution is -0.275. The summed E-state index contributed by atoms with van der Waals surface area (Å²) in [6, 6.07) is 9.20. The number of rotatable bonds is 5. The quantitative estimate of drug-likeness (QED) is 0.360. The maximum Gasteiger partial charge on any atom is 0.573 e. The molecule has 1 N–H and O–H groups in total. The van der Waals surface area contributed by atoms with Crippen LogP contribution in [0.3, 0.4) is 0 Å². The van der Waals surface area contributed by atoms with Crippen molar-refractivity contribution in [1.29, 1.82) is 0 Å². The van der Waals surface area contributed by atoms with E-state index < -0.39 is 12.7 Å². The maximum absolute atomic E-state index is 12.7. The van der Waals surface area contributed by atoms with Gasteiger partial charge in [-0.05, 0) is 67.0 Å². The topological polar surface area (TPSA) is 48.3 Å². The van der Waals surface area contributed by atoms with E-state index in [0.29, 0.717) is 28.6 Å². The molecule has 4 rings (SSSR count). The Kier molecular flexibility index (Phi) is 6.31. The molecule has 0 amide bonds. The summed E-state index contributed by atoms with van der Waals surface area (Å²) in [6.45, 7) is 6.52. The van der Waals surface area contributed by atoms with Gasteiger partial charge in [-0.2, -0.15) is 0 Å². The summed E-state index contributed by atoms with van der Waals surface area (Å²) in [5, 5.41) is 3.11. The minimum absolute atomic E-state index is 0.0171. The van der Waals surface area contributed by atoms with Crippen LogP contribution in [-0.2, 0) is 0 Å². The summed E-state index contributed by atoms with van der Waals surface area (Å²) in [5.41, 5.74) is 1.44. The second-order valence-electron chi connectivity index (χ2n) is 9.77. The van der Waals surface area contributed by atoms with Crippen LogP contribution in [-0.4, -0.2) is 22.3 Å². The van der Waals surface area contributed by atoms with Crippen LogP contribution in [0.2, 0.25) is 0 Å². The van der Waals surface area contributed by atoms with E-state index in [9.17, 15) is 26.3 Å². The van der Waals surface area contributed by atoms with Gasteiger partial charge in [0.2, 0.25) is 5.95 Å². The normalized spacial score (nSPS) is 20.6. The minimum atomic E-state index is -4.83. The van der Waals surface area contributed by atoms with Gasteiger partial charge in [0.15, 0.2) is 0 Å². The van der Waals surface area contributed by atoms with Crippen LogP contribution in [0.1, 0.15) is 46.1 Å². The third-order valence-corrected chi connectivity index (χ3v) is 5.97. The number of aromatic nitrogens is 2. The van der Waals surface area contributed by atoms with Gasteiger partial charge in [-0.15, -0.1) is 26.3 Å². The lowest BCUT2D eigenvalue weighted by atomic mass is 9.70. The predicted molar refractivity (Wildman–Crippen MR) is 119 cm³/mol. The largest absolute Gasteiger partial charge is 0.573 e. The summed E-state index contributed by atoms with van der Waals surface area (Å²) in [6.07, 6.45) is -6.91. The Morgan fingerprint density at radius 2 is 1.51 bits per heavy atom. The maximum atomic E-state index is 12.7. The number of nitrogens with one attached hydrogen (secondary N) is 1. The molecule has 0 aliphatic heterocycles. The molecular weight excluding hydrogens is 476 g/mol. The lowest BCUT2D eigenvalue weighted by Crippen LogP contribution is -2.29. The van der Waals surface area contributed by atoms with Gasteiger partial charge in [0.1, 0.15) is 11.5 Å². The highest BCUT2D eigenvalue weighted by Gasteiger charge is 2.35. The SMILES string of the molecule is C[C@@H]1C[C@H](n2c(Nc3ccc(OC(F)(F)F)cc3)nc3cc(OC(F)(F)F)ccc32)CC(C)(C)C1.